The van der Waals surface area contributed by atoms with Gasteiger partial charge in [-0.25, -0.2) is 0 Å². The zero-order chi connectivity index (χ0) is 18.0. The maximum atomic E-state index is 12.5. The Morgan fingerprint density at radius 3 is 2.56 bits per heavy atom. The smallest absolute Gasteiger partial charge is 0.255 e. The van der Waals surface area contributed by atoms with Gasteiger partial charge in [-0.1, -0.05) is 0 Å². The molecule has 0 radical (unpaired) electrons. The second-order valence-corrected chi connectivity index (χ2v) is 5.92. The van der Waals surface area contributed by atoms with Gasteiger partial charge in [0.2, 0.25) is 5.91 Å². The SMILES string of the molecule is CCOc1cc2c(cc1NC(=O)c1ccc(C(N)=O)cc1)O[C@@H](C)C2. The average Bonchev–Trinajstić information content (AvgIpc) is 2.94. The van der Waals surface area contributed by atoms with Crippen LogP contribution in [-0.4, -0.2) is 24.5 Å². The fourth-order valence-electron chi connectivity index (χ4n) is 2.79. The molecular weight excluding hydrogens is 320 g/mol. The van der Waals surface area contributed by atoms with E-state index < -0.39 is 5.91 Å². The number of nitrogens with two attached hydrogens (primary N) is 1. The molecule has 0 unspecified atom stereocenters. The van der Waals surface area contributed by atoms with Crippen molar-refractivity contribution in [2.75, 3.05) is 11.9 Å². The molecule has 1 aliphatic rings. The molecule has 2 aromatic rings. The lowest BCUT2D eigenvalue weighted by Gasteiger charge is -2.13. The summed E-state index contributed by atoms with van der Waals surface area (Å²) < 4.78 is 11.4. The van der Waals surface area contributed by atoms with Crippen LogP contribution in [0.3, 0.4) is 0 Å². The van der Waals surface area contributed by atoms with Crippen molar-refractivity contribution in [3.63, 3.8) is 0 Å². The Kier molecular flexibility index (Phi) is 4.61. The first-order chi connectivity index (χ1) is 12.0. The van der Waals surface area contributed by atoms with Crippen molar-refractivity contribution >= 4 is 17.5 Å². The first kappa shape index (κ1) is 16.8. The molecule has 2 aromatic carbocycles. The van der Waals surface area contributed by atoms with Crippen molar-refractivity contribution in [1.29, 1.82) is 0 Å². The highest BCUT2D eigenvalue weighted by atomic mass is 16.5. The maximum Gasteiger partial charge on any atom is 0.255 e. The topological polar surface area (TPSA) is 90.6 Å². The van der Waals surface area contributed by atoms with Crippen molar-refractivity contribution in [1.82, 2.24) is 0 Å². The Bertz CT molecular complexity index is 815. The highest BCUT2D eigenvalue weighted by Gasteiger charge is 2.22. The number of carbonyl (C=O) groups excluding carboxylic acids is 2. The summed E-state index contributed by atoms with van der Waals surface area (Å²) in [6.45, 7) is 4.38. The van der Waals surface area contributed by atoms with Crippen LogP contribution < -0.4 is 20.5 Å². The van der Waals surface area contributed by atoms with Crippen LogP contribution >= 0.6 is 0 Å². The summed E-state index contributed by atoms with van der Waals surface area (Å²) >= 11 is 0. The molecule has 0 aromatic heterocycles. The van der Waals surface area contributed by atoms with Crippen molar-refractivity contribution in [2.45, 2.75) is 26.4 Å². The van der Waals surface area contributed by atoms with Gasteiger partial charge in [0.1, 0.15) is 17.6 Å². The Hall–Kier alpha value is -3.02. The van der Waals surface area contributed by atoms with Crippen LogP contribution in [0.1, 0.15) is 40.1 Å². The van der Waals surface area contributed by atoms with Crippen LogP contribution in [-0.2, 0) is 6.42 Å². The number of anilines is 1. The Labute approximate surface area is 145 Å². The third-order valence-electron chi connectivity index (χ3n) is 3.98. The van der Waals surface area contributed by atoms with E-state index in [1.54, 1.807) is 18.2 Å². The van der Waals surface area contributed by atoms with Crippen molar-refractivity contribution in [3.05, 3.63) is 53.1 Å². The van der Waals surface area contributed by atoms with Crippen molar-refractivity contribution < 1.29 is 19.1 Å². The highest BCUT2D eigenvalue weighted by Crippen LogP contribution is 2.38. The van der Waals surface area contributed by atoms with E-state index in [1.165, 1.54) is 12.1 Å². The number of ether oxygens (including phenoxy) is 2. The second-order valence-electron chi connectivity index (χ2n) is 5.92. The number of benzene rings is 2. The molecule has 25 heavy (non-hydrogen) atoms. The maximum absolute atomic E-state index is 12.5. The zero-order valence-electron chi connectivity index (χ0n) is 14.2. The monoisotopic (exact) mass is 340 g/mol. The summed E-state index contributed by atoms with van der Waals surface area (Å²) in [6, 6.07) is 9.86. The van der Waals surface area contributed by atoms with Crippen molar-refractivity contribution in [2.24, 2.45) is 5.73 Å². The van der Waals surface area contributed by atoms with Crippen molar-refractivity contribution in [3.8, 4) is 11.5 Å². The molecule has 0 fully saturated rings. The Morgan fingerprint density at radius 1 is 1.24 bits per heavy atom. The van der Waals surface area contributed by atoms with Gasteiger partial charge in [-0.2, -0.15) is 0 Å². The molecule has 0 saturated heterocycles. The number of nitrogens with one attached hydrogen (secondary N) is 1. The molecule has 1 aliphatic heterocycles. The first-order valence-corrected chi connectivity index (χ1v) is 8.15. The quantitative estimate of drug-likeness (QED) is 0.875. The second kappa shape index (κ2) is 6.84. The van der Waals surface area contributed by atoms with Gasteiger partial charge in [-0.15, -0.1) is 0 Å². The summed E-state index contributed by atoms with van der Waals surface area (Å²) in [5, 5.41) is 2.84. The molecule has 1 heterocycles. The molecular formula is C19H20N2O4. The number of primary amides is 1. The molecule has 1 atom stereocenters. The summed E-state index contributed by atoms with van der Waals surface area (Å²) in [5.74, 6) is 0.537. The predicted molar refractivity (Wildman–Crippen MR) is 94.3 cm³/mol. The van der Waals surface area contributed by atoms with Crippen LogP contribution in [0.4, 0.5) is 5.69 Å². The van der Waals surface area contributed by atoms with Gasteiger partial charge < -0.3 is 20.5 Å². The van der Waals surface area contributed by atoms with Gasteiger partial charge in [0.25, 0.3) is 5.91 Å². The minimum Gasteiger partial charge on any atom is -0.492 e. The predicted octanol–water partition coefficient (Wildman–Crippen LogP) is 2.76. The standard InChI is InChI=1S/C19H20N2O4/c1-3-24-17-9-14-8-11(2)25-16(14)10-15(17)21-19(23)13-6-4-12(5-7-13)18(20)22/h4-7,9-11H,3,8H2,1-2H3,(H2,20,22)(H,21,23)/t11-/m0/s1. The summed E-state index contributed by atoms with van der Waals surface area (Å²) in [4.78, 5) is 23.6. The normalized spacial score (nSPS) is 15.2. The van der Waals surface area contributed by atoms with Crippen LogP contribution in [0.5, 0.6) is 11.5 Å². The van der Waals surface area contributed by atoms with E-state index in [0.29, 0.717) is 29.2 Å². The van der Waals surface area contributed by atoms with Crippen LogP contribution in [0.15, 0.2) is 36.4 Å². The lowest BCUT2D eigenvalue weighted by atomic mass is 10.1. The molecule has 6 heteroatoms. The summed E-state index contributed by atoms with van der Waals surface area (Å²) in [6.07, 6.45) is 0.926. The van der Waals surface area contributed by atoms with Crippen LogP contribution in [0.25, 0.3) is 0 Å². The zero-order valence-corrected chi connectivity index (χ0v) is 14.2. The van der Waals surface area contributed by atoms with Gasteiger partial charge in [-0.05, 0) is 44.2 Å². The van der Waals surface area contributed by atoms with E-state index in [-0.39, 0.29) is 12.0 Å². The molecule has 0 aliphatic carbocycles. The van der Waals surface area contributed by atoms with Gasteiger partial charge >= 0.3 is 0 Å². The van der Waals surface area contributed by atoms with Gasteiger partial charge in [0.15, 0.2) is 0 Å². The van der Waals surface area contributed by atoms with E-state index in [1.807, 2.05) is 19.9 Å². The molecule has 130 valence electrons. The number of amides is 2. The van der Waals surface area contributed by atoms with E-state index in [9.17, 15) is 9.59 Å². The Morgan fingerprint density at radius 2 is 1.92 bits per heavy atom. The molecule has 0 bridgehead atoms. The Balaban J connectivity index is 1.85. The number of rotatable bonds is 5. The highest BCUT2D eigenvalue weighted by molar-refractivity contribution is 6.05. The van der Waals surface area contributed by atoms with Crippen LogP contribution in [0.2, 0.25) is 0 Å². The van der Waals surface area contributed by atoms with Gasteiger partial charge in [0.05, 0.1) is 12.3 Å². The lowest BCUT2D eigenvalue weighted by molar-refractivity contribution is 0.0995. The number of fused-ring (bicyclic) bond motifs is 1. The molecule has 6 nitrogen and oxygen atoms in total. The third-order valence-corrected chi connectivity index (χ3v) is 3.98. The van der Waals surface area contributed by atoms with Crippen LogP contribution in [0, 0.1) is 0 Å². The lowest BCUT2D eigenvalue weighted by Crippen LogP contribution is -2.15. The largest absolute Gasteiger partial charge is 0.492 e. The summed E-state index contributed by atoms with van der Waals surface area (Å²) in [7, 11) is 0. The fraction of sp³-hybridized carbons (Fsp3) is 0.263. The van der Waals surface area contributed by atoms with E-state index in [0.717, 1.165) is 17.7 Å². The molecule has 2 amide bonds. The third kappa shape index (κ3) is 3.57. The average molecular weight is 340 g/mol. The molecule has 3 rings (SSSR count). The summed E-state index contributed by atoms with van der Waals surface area (Å²) in [5.41, 5.74) is 7.61. The fourth-order valence-corrected chi connectivity index (χ4v) is 2.79. The number of hydrogen-bond donors (Lipinski definition) is 2. The molecule has 0 saturated carbocycles. The number of carbonyl (C=O) groups is 2. The van der Waals surface area contributed by atoms with E-state index in [4.69, 9.17) is 15.2 Å². The minimum atomic E-state index is -0.532. The van der Waals surface area contributed by atoms with Gasteiger partial charge in [0, 0.05) is 29.2 Å². The number of hydrogen-bond acceptors (Lipinski definition) is 4. The molecule has 0 spiro atoms. The van der Waals surface area contributed by atoms with E-state index in [2.05, 4.69) is 5.32 Å². The minimum absolute atomic E-state index is 0.108. The van der Waals surface area contributed by atoms with Gasteiger partial charge in [-0.3, -0.25) is 9.59 Å². The first-order valence-electron chi connectivity index (χ1n) is 8.15. The molecule has 3 N–H and O–H groups in total. The van der Waals surface area contributed by atoms with E-state index >= 15 is 0 Å².